The van der Waals surface area contributed by atoms with Gasteiger partial charge in [0.2, 0.25) is 0 Å². The normalized spacial score (nSPS) is 9.00. The average molecular weight is 250 g/mol. The fourth-order valence-corrected chi connectivity index (χ4v) is 1.30. The Morgan fingerprint density at radius 3 is 1.89 bits per heavy atom. The van der Waals surface area contributed by atoms with Gasteiger partial charge in [0.05, 0.1) is 11.1 Å². The molecule has 4 heteroatoms. The van der Waals surface area contributed by atoms with E-state index in [2.05, 4.69) is 13.5 Å². The molecule has 0 fully saturated rings. The molecule has 0 aliphatic carbocycles. The summed E-state index contributed by atoms with van der Waals surface area (Å²) in [7, 11) is 0. The van der Waals surface area contributed by atoms with Gasteiger partial charge in [-0.2, -0.15) is 0 Å². The van der Waals surface area contributed by atoms with Crippen LogP contribution >= 0.6 is 0 Å². The van der Waals surface area contributed by atoms with Crippen molar-refractivity contribution < 1.29 is 19.8 Å². The molecule has 0 bridgehead atoms. The van der Waals surface area contributed by atoms with Crippen LogP contribution in [-0.2, 0) is 0 Å². The number of benzene rings is 1. The minimum atomic E-state index is -1.11. The molecule has 0 saturated heterocycles. The molecule has 1 rings (SSSR count). The summed E-state index contributed by atoms with van der Waals surface area (Å²) in [6.07, 6.45) is 4.31. The largest absolute Gasteiger partial charge is 0.478 e. The molecule has 2 N–H and O–H groups in total. The number of hydrogen-bond acceptors (Lipinski definition) is 2. The van der Waals surface area contributed by atoms with Crippen molar-refractivity contribution in [3.05, 3.63) is 47.5 Å². The first-order chi connectivity index (χ1) is 8.45. The van der Waals surface area contributed by atoms with Crippen LogP contribution in [0.2, 0.25) is 0 Å². The zero-order valence-corrected chi connectivity index (χ0v) is 10.6. The van der Waals surface area contributed by atoms with Gasteiger partial charge in [0, 0.05) is 0 Å². The van der Waals surface area contributed by atoms with E-state index in [1.54, 1.807) is 0 Å². The summed E-state index contributed by atoms with van der Waals surface area (Å²) in [5.74, 6) is -2.22. The second-order valence-electron chi connectivity index (χ2n) is 3.67. The van der Waals surface area contributed by atoms with Gasteiger partial charge < -0.3 is 10.2 Å². The summed E-state index contributed by atoms with van der Waals surface area (Å²) in [5.41, 5.74) is 0.335. The Morgan fingerprint density at radius 2 is 1.67 bits per heavy atom. The van der Waals surface area contributed by atoms with Crippen molar-refractivity contribution in [1.29, 1.82) is 0 Å². The smallest absolute Gasteiger partial charge is 0.335 e. The Morgan fingerprint density at radius 1 is 1.22 bits per heavy atom. The highest BCUT2D eigenvalue weighted by atomic mass is 16.4. The predicted molar refractivity (Wildman–Crippen MR) is 70.2 cm³/mol. The lowest BCUT2D eigenvalue weighted by Crippen LogP contribution is -2.06. The van der Waals surface area contributed by atoms with Gasteiger partial charge in [0.15, 0.2) is 0 Å². The molecule has 0 aliphatic rings. The van der Waals surface area contributed by atoms with Crippen LogP contribution in [0, 0.1) is 6.92 Å². The topological polar surface area (TPSA) is 74.6 Å². The van der Waals surface area contributed by atoms with E-state index < -0.39 is 11.9 Å². The van der Waals surface area contributed by atoms with Crippen LogP contribution in [0.15, 0.2) is 30.9 Å². The lowest BCUT2D eigenvalue weighted by molar-refractivity contribution is 0.0696. The minimum Gasteiger partial charge on any atom is -0.478 e. The molecular weight excluding hydrogens is 232 g/mol. The van der Waals surface area contributed by atoms with Crippen LogP contribution in [0.4, 0.5) is 0 Å². The van der Waals surface area contributed by atoms with Gasteiger partial charge in [0.1, 0.15) is 0 Å². The van der Waals surface area contributed by atoms with E-state index in [9.17, 15) is 9.59 Å². The quantitative estimate of drug-likeness (QED) is 0.803. The molecule has 4 nitrogen and oxygen atoms in total. The van der Waals surface area contributed by atoms with Crippen molar-refractivity contribution in [3.63, 3.8) is 0 Å². The third kappa shape index (κ3) is 4.82. The first-order valence-electron chi connectivity index (χ1n) is 5.62. The highest BCUT2D eigenvalue weighted by Crippen LogP contribution is 2.13. The Labute approximate surface area is 107 Å². The number of carboxylic acid groups (broad SMARTS) is 2. The van der Waals surface area contributed by atoms with E-state index in [4.69, 9.17) is 10.2 Å². The van der Waals surface area contributed by atoms with Crippen LogP contribution in [0.1, 0.15) is 46.0 Å². The highest BCUT2D eigenvalue weighted by Gasteiger charge is 2.13. The van der Waals surface area contributed by atoms with Gasteiger partial charge in [0.25, 0.3) is 0 Å². The molecule has 0 atom stereocenters. The zero-order valence-electron chi connectivity index (χ0n) is 10.6. The van der Waals surface area contributed by atoms with E-state index in [0.717, 1.165) is 6.42 Å². The van der Waals surface area contributed by atoms with Crippen molar-refractivity contribution in [3.8, 4) is 0 Å². The molecule has 0 saturated carbocycles. The number of rotatable bonds is 4. The molecule has 0 amide bonds. The maximum atomic E-state index is 10.6. The Hall–Kier alpha value is -2.10. The summed E-state index contributed by atoms with van der Waals surface area (Å²) in [6.45, 7) is 7.17. The molecule has 0 heterocycles. The van der Waals surface area contributed by atoms with Crippen molar-refractivity contribution >= 4 is 11.9 Å². The van der Waals surface area contributed by atoms with Crippen molar-refractivity contribution in [2.45, 2.75) is 26.7 Å². The van der Waals surface area contributed by atoms with Crippen LogP contribution in [0.25, 0.3) is 0 Å². The fourth-order valence-electron chi connectivity index (χ4n) is 1.30. The lowest BCUT2D eigenvalue weighted by atomic mass is 10.0. The molecule has 0 spiro atoms. The molecule has 1 aromatic rings. The SMILES string of the molecule is C=CCCC.Cc1c(C(=O)O)cccc1C(=O)O. The molecule has 0 aromatic heterocycles. The maximum Gasteiger partial charge on any atom is 0.335 e. The van der Waals surface area contributed by atoms with E-state index in [1.165, 1.54) is 31.5 Å². The minimum absolute atomic E-state index is 0.0277. The van der Waals surface area contributed by atoms with Gasteiger partial charge in [-0.3, -0.25) is 0 Å². The summed E-state index contributed by atoms with van der Waals surface area (Å²) in [5, 5.41) is 17.4. The van der Waals surface area contributed by atoms with Crippen LogP contribution in [0.5, 0.6) is 0 Å². The monoisotopic (exact) mass is 250 g/mol. The third-order valence-corrected chi connectivity index (χ3v) is 2.29. The van der Waals surface area contributed by atoms with Gasteiger partial charge in [-0.25, -0.2) is 9.59 Å². The van der Waals surface area contributed by atoms with Crippen molar-refractivity contribution in [2.75, 3.05) is 0 Å². The Balaban J connectivity index is 0.000000494. The number of carboxylic acids is 2. The molecule has 18 heavy (non-hydrogen) atoms. The zero-order chi connectivity index (χ0) is 14.1. The van der Waals surface area contributed by atoms with Crippen LogP contribution in [-0.4, -0.2) is 22.2 Å². The van der Waals surface area contributed by atoms with Crippen molar-refractivity contribution in [1.82, 2.24) is 0 Å². The van der Waals surface area contributed by atoms with Crippen LogP contribution in [0.3, 0.4) is 0 Å². The summed E-state index contributed by atoms with van der Waals surface area (Å²) >= 11 is 0. The first kappa shape index (κ1) is 15.9. The highest BCUT2D eigenvalue weighted by molar-refractivity contribution is 5.96. The number of carbonyl (C=O) groups is 2. The Kier molecular flexibility index (Phi) is 7.12. The van der Waals surface area contributed by atoms with Gasteiger partial charge >= 0.3 is 11.9 Å². The van der Waals surface area contributed by atoms with Crippen LogP contribution < -0.4 is 0 Å². The molecular formula is C14H18O4. The average Bonchev–Trinajstić information content (AvgIpc) is 2.30. The first-order valence-corrected chi connectivity index (χ1v) is 5.62. The Bertz CT molecular complexity index is 403. The second-order valence-corrected chi connectivity index (χ2v) is 3.67. The molecule has 0 radical (unpaired) electrons. The second kappa shape index (κ2) is 8.06. The predicted octanol–water partition coefficient (Wildman–Crippen LogP) is 3.36. The van der Waals surface area contributed by atoms with E-state index >= 15 is 0 Å². The number of aromatic carboxylic acids is 2. The lowest BCUT2D eigenvalue weighted by Gasteiger charge is -2.03. The number of allylic oxidation sites excluding steroid dienone is 1. The van der Waals surface area contributed by atoms with E-state index in [1.807, 2.05) is 6.08 Å². The van der Waals surface area contributed by atoms with Gasteiger partial charge in [-0.1, -0.05) is 25.5 Å². The van der Waals surface area contributed by atoms with Gasteiger partial charge in [-0.15, -0.1) is 6.58 Å². The summed E-state index contributed by atoms with van der Waals surface area (Å²) in [4.78, 5) is 21.2. The molecule has 0 unspecified atom stereocenters. The number of hydrogen-bond donors (Lipinski definition) is 2. The maximum absolute atomic E-state index is 10.6. The summed E-state index contributed by atoms with van der Waals surface area (Å²) in [6, 6.07) is 4.17. The summed E-state index contributed by atoms with van der Waals surface area (Å²) < 4.78 is 0. The van der Waals surface area contributed by atoms with Gasteiger partial charge in [-0.05, 0) is 31.0 Å². The van der Waals surface area contributed by atoms with Crippen molar-refractivity contribution in [2.24, 2.45) is 0 Å². The molecule has 98 valence electrons. The molecule has 1 aromatic carbocycles. The van der Waals surface area contributed by atoms with E-state index in [-0.39, 0.29) is 16.7 Å². The standard InChI is InChI=1S/C9H8O4.C5H10/c1-5-6(8(10)11)3-2-4-7(5)9(12)13;1-3-5-4-2/h2-4H,1H3,(H,10,11)(H,12,13);3H,1,4-5H2,2H3. The number of unbranched alkanes of at least 4 members (excludes halogenated alkanes) is 1. The fraction of sp³-hybridized carbons (Fsp3) is 0.286. The molecule has 0 aliphatic heterocycles. The third-order valence-electron chi connectivity index (χ3n) is 2.29. The van der Waals surface area contributed by atoms with E-state index in [0.29, 0.717) is 0 Å².